The fourth-order valence-corrected chi connectivity index (χ4v) is 2.95. The fourth-order valence-electron chi connectivity index (χ4n) is 2.23. The van der Waals surface area contributed by atoms with Gasteiger partial charge in [-0.15, -0.1) is 0 Å². The van der Waals surface area contributed by atoms with Crippen molar-refractivity contribution in [3.63, 3.8) is 0 Å². The summed E-state index contributed by atoms with van der Waals surface area (Å²) < 4.78 is 2.15. The second kappa shape index (κ2) is 6.10. The molecule has 0 aliphatic heterocycles. The van der Waals surface area contributed by atoms with E-state index in [2.05, 4.69) is 82.2 Å². The van der Waals surface area contributed by atoms with Gasteiger partial charge in [-0.1, -0.05) is 39.7 Å². The van der Waals surface area contributed by atoms with Crippen molar-refractivity contribution < 1.29 is 0 Å². The molecule has 2 aromatic carbocycles. The van der Waals surface area contributed by atoms with Gasteiger partial charge in [-0.05, 0) is 66.0 Å². The summed E-state index contributed by atoms with van der Waals surface area (Å²) in [6, 6.07) is 13.0. The van der Waals surface area contributed by atoms with Crippen molar-refractivity contribution in [2.45, 2.75) is 26.8 Å². The third kappa shape index (κ3) is 3.61. The minimum Gasteiger partial charge on any atom is -0.378 e. The Morgan fingerprint density at radius 3 is 2.42 bits per heavy atom. The van der Waals surface area contributed by atoms with E-state index in [0.717, 1.165) is 14.6 Å². The minimum absolute atomic E-state index is 0.270. The fraction of sp³-hybridized carbons (Fsp3) is 0.250. The van der Waals surface area contributed by atoms with Crippen LogP contribution in [0.5, 0.6) is 0 Å². The van der Waals surface area contributed by atoms with Gasteiger partial charge in [-0.2, -0.15) is 0 Å². The maximum absolute atomic E-state index is 3.58. The van der Waals surface area contributed by atoms with Crippen molar-refractivity contribution in [1.29, 1.82) is 0 Å². The third-order valence-corrected chi connectivity index (χ3v) is 4.38. The number of aryl methyl sites for hydroxylation is 2. The topological polar surface area (TPSA) is 12.0 Å². The molecule has 1 nitrogen and oxygen atoms in total. The first-order valence-corrected chi connectivity index (χ1v) is 7.84. The lowest BCUT2D eigenvalue weighted by Gasteiger charge is -2.19. The lowest BCUT2D eigenvalue weighted by atomic mass is 10.00. The summed E-state index contributed by atoms with van der Waals surface area (Å²) in [6.45, 7) is 6.47. The van der Waals surface area contributed by atoms with E-state index in [4.69, 9.17) is 0 Å². The van der Waals surface area contributed by atoms with E-state index in [1.807, 2.05) is 12.1 Å². The van der Waals surface area contributed by atoms with E-state index in [9.17, 15) is 0 Å². The first-order valence-electron chi connectivity index (χ1n) is 6.26. The molecular formula is C16H17Br2N. The lowest BCUT2D eigenvalue weighted by molar-refractivity contribution is 0.872. The Bertz CT molecular complexity index is 593. The largest absolute Gasteiger partial charge is 0.378 e. The molecule has 1 N–H and O–H groups in total. The van der Waals surface area contributed by atoms with Crippen LogP contribution in [-0.4, -0.2) is 0 Å². The lowest BCUT2D eigenvalue weighted by Crippen LogP contribution is -2.08. The van der Waals surface area contributed by atoms with Gasteiger partial charge in [0.1, 0.15) is 0 Å². The maximum atomic E-state index is 3.58. The Hall–Kier alpha value is -0.800. The van der Waals surface area contributed by atoms with Gasteiger partial charge in [-0.3, -0.25) is 0 Å². The molecule has 0 radical (unpaired) electrons. The summed E-state index contributed by atoms with van der Waals surface area (Å²) in [5.41, 5.74) is 5.06. The Morgan fingerprint density at radius 2 is 1.74 bits per heavy atom. The standard InChI is InChI=1S/C16H17Br2N/c1-10-4-6-14(11(2)8-10)12(3)19-16-9-13(17)5-7-15(16)18/h4-9,12,19H,1-3H3. The monoisotopic (exact) mass is 381 g/mol. The number of nitrogens with one attached hydrogen (secondary N) is 1. The molecule has 1 atom stereocenters. The number of anilines is 1. The van der Waals surface area contributed by atoms with E-state index in [-0.39, 0.29) is 6.04 Å². The molecule has 0 aliphatic carbocycles. The van der Waals surface area contributed by atoms with Crippen LogP contribution in [0.2, 0.25) is 0 Å². The molecule has 0 aliphatic rings. The minimum atomic E-state index is 0.270. The third-order valence-electron chi connectivity index (χ3n) is 3.19. The number of hydrogen-bond acceptors (Lipinski definition) is 1. The molecule has 2 rings (SSSR count). The van der Waals surface area contributed by atoms with E-state index in [1.165, 1.54) is 16.7 Å². The Balaban J connectivity index is 2.25. The van der Waals surface area contributed by atoms with Gasteiger partial charge in [0, 0.05) is 15.0 Å². The molecule has 100 valence electrons. The van der Waals surface area contributed by atoms with Gasteiger partial charge in [-0.25, -0.2) is 0 Å². The van der Waals surface area contributed by atoms with Crippen LogP contribution in [0.25, 0.3) is 0 Å². The first-order chi connectivity index (χ1) is 8.97. The van der Waals surface area contributed by atoms with Crippen molar-refractivity contribution in [1.82, 2.24) is 0 Å². The van der Waals surface area contributed by atoms with Crippen molar-refractivity contribution in [3.8, 4) is 0 Å². The van der Waals surface area contributed by atoms with E-state index >= 15 is 0 Å². The molecule has 1 unspecified atom stereocenters. The molecule has 0 saturated heterocycles. The number of hydrogen-bond donors (Lipinski definition) is 1. The van der Waals surface area contributed by atoms with Crippen LogP contribution in [0.1, 0.15) is 29.7 Å². The van der Waals surface area contributed by atoms with Crippen LogP contribution < -0.4 is 5.32 Å². The van der Waals surface area contributed by atoms with Crippen LogP contribution >= 0.6 is 31.9 Å². The second-order valence-electron chi connectivity index (χ2n) is 4.85. The highest BCUT2D eigenvalue weighted by molar-refractivity contribution is 9.11. The molecule has 2 aromatic rings. The highest BCUT2D eigenvalue weighted by Crippen LogP contribution is 2.30. The van der Waals surface area contributed by atoms with Crippen molar-refractivity contribution in [2.75, 3.05) is 5.32 Å². The highest BCUT2D eigenvalue weighted by atomic mass is 79.9. The Morgan fingerprint density at radius 1 is 1.00 bits per heavy atom. The zero-order valence-electron chi connectivity index (χ0n) is 11.3. The normalized spacial score (nSPS) is 12.3. The molecule has 0 saturated carbocycles. The highest BCUT2D eigenvalue weighted by Gasteiger charge is 2.10. The summed E-state index contributed by atoms with van der Waals surface area (Å²) in [4.78, 5) is 0. The average Bonchev–Trinajstić information content (AvgIpc) is 2.33. The van der Waals surface area contributed by atoms with E-state index in [1.54, 1.807) is 0 Å². The van der Waals surface area contributed by atoms with Crippen LogP contribution in [0.3, 0.4) is 0 Å². The molecule has 3 heteroatoms. The molecular weight excluding hydrogens is 366 g/mol. The summed E-state index contributed by atoms with van der Waals surface area (Å²) >= 11 is 7.08. The molecule has 0 spiro atoms. The summed E-state index contributed by atoms with van der Waals surface area (Å²) in [5.74, 6) is 0. The molecule has 0 aromatic heterocycles. The van der Waals surface area contributed by atoms with Crippen molar-refractivity contribution in [2.24, 2.45) is 0 Å². The van der Waals surface area contributed by atoms with Crippen LogP contribution in [0, 0.1) is 13.8 Å². The van der Waals surface area contributed by atoms with E-state index < -0.39 is 0 Å². The van der Waals surface area contributed by atoms with Crippen molar-refractivity contribution in [3.05, 3.63) is 62.0 Å². The smallest absolute Gasteiger partial charge is 0.0500 e. The first kappa shape index (κ1) is 14.6. The van der Waals surface area contributed by atoms with E-state index in [0.29, 0.717) is 0 Å². The number of halogens is 2. The van der Waals surface area contributed by atoms with Gasteiger partial charge in [0.05, 0.1) is 5.69 Å². The average molecular weight is 383 g/mol. The summed E-state index contributed by atoms with van der Waals surface area (Å²) in [5, 5.41) is 3.55. The zero-order valence-corrected chi connectivity index (χ0v) is 14.5. The number of benzene rings is 2. The predicted molar refractivity (Wildman–Crippen MR) is 89.8 cm³/mol. The van der Waals surface area contributed by atoms with Gasteiger partial charge in [0.15, 0.2) is 0 Å². The molecule has 19 heavy (non-hydrogen) atoms. The van der Waals surface area contributed by atoms with Crippen LogP contribution in [0.15, 0.2) is 45.3 Å². The zero-order chi connectivity index (χ0) is 14.0. The van der Waals surface area contributed by atoms with Gasteiger partial charge in [0.2, 0.25) is 0 Å². The number of rotatable bonds is 3. The second-order valence-corrected chi connectivity index (χ2v) is 6.62. The quantitative estimate of drug-likeness (QED) is 0.686. The molecule has 0 fully saturated rings. The SMILES string of the molecule is Cc1ccc(C(C)Nc2cc(Br)ccc2Br)c(C)c1. The maximum Gasteiger partial charge on any atom is 0.0500 e. The summed E-state index contributed by atoms with van der Waals surface area (Å²) in [6.07, 6.45) is 0. The van der Waals surface area contributed by atoms with Gasteiger partial charge >= 0.3 is 0 Å². The van der Waals surface area contributed by atoms with Crippen LogP contribution in [-0.2, 0) is 0 Å². The van der Waals surface area contributed by atoms with Gasteiger partial charge in [0.25, 0.3) is 0 Å². The Labute approximate surface area is 131 Å². The summed E-state index contributed by atoms with van der Waals surface area (Å²) in [7, 11) is 0. The Kier molecular flexibility index (Phi) is 4.69. The van der Waals surface area contributed by atoms with Crippen molar-refractivity contribution >= 4 is 37.5 Å². The molecule has 0 amide bonds. The predicted octanol–water partition coefficient (Wildman–Crippen LogP) is 6.00. The van der Waals surface area contributed by atoms with Gasteiger partial charge < -0.3 is 5.32 Å². The molecule has 0 heterocycles. The molecule has 0 bridgehead atoms. The van der Waals surface area contributed by atoms with Crippen LogP contribution in [0.4, 0.5) is 5.69 Å².